The molecule has 0 fully saturated rings. The van der Waals surface area contributed by atoms with Crippen molar-refractivity contribution < 1.29 is 9.32 Å². The van der Waals surface area contributed by atoms with Crippen LogP contribution in [0.4, 0.5) is 0 Å². The first-order valence-electron chi connectivity index (χ1n) is 6.50. The van der Waals surface area contributed by atoms with Crippen LogP contribution in [0.3, 0.4) is 0 Å². The SMILES string of the molecule is CCc1noc(CC)c1CNC(=O)[C@@H](N)C(C)C. The molecule has 0 aliphatic rings. The molecule has 0 aliphatic heterocycles. The van der Waals surface area contributed by atoms with Crippen LogP contribution in [0.25, 0.3) is 0 Å². The minimum absolute atomic E-state index is 0.128. The normalized spacial score (nSPS) is 12.8. The molecule has 5 nitrogen and oxygen atoms in total. The van der Waals surface area contributed by atoms with Gasteiger partial charge in [0.25, 0.3) is 0 Å². The van der Waals surface area contributed by atoms with E-state index < -0.39 is 6.04 Å². The monoisotopic (exact) mass is 253 g/mol. The summed E-state index contributed by atoms with van der Waals surface area (Å²) < 4.78 is 5.24. The number of aromatic nitrogens is 1. The summed E-state index contributed by atoms with van der Waals surface area (Å²) in [5.74, 6) is 0.837. The van der Waals surface area contributed by atoms with Crippen molar-refractivity contribution in [1.82, 2.24) is 10.5 Å². The fourth-order valence-electron chi connectivity index (χ4n) is 1.73. The summed E-state index contributed by atoms with van der Waals surface area (Å²) >= 11 is 0. The molecular formula is C13H23N3O2. The molecule has 5 heteroatoms. The van der Waals surface area contributed by atoms with Gasteiger partial charge in [-0.15, -0.1) is 0 Å². The average molecular weight is 253 g/mol. The van der Waals surface area contributed by atoms with E-state index in [0.29, 0.717) is 6.54 Å². The Bertz CT molecular complexity index is 377. The first-order valence-corrected chi connectivity index (χ1v) is 6.50. The van der Waals surface area contributed by atoms with Gasteiger partial charge in [-0.3, -0.25) is 4.79 Å². The van der Waals surface area contributed by atoms with Crippen molar-refractivity contribution in [3.63, 3.8) is 0 Å². The standard InChI is InChI=1S/C13H23N3O2/c1-5-10-9(11(6-2)18-16-10)7-15-13(17)12(14)8(3)4/h8,12H,5-7,14H2,1-4H3,(H,15,17)/t12-/m0/s1. The van der Waals surface area contributed by atoms with E-state index in [-0.39, 0.29) is 11.8 Å². The predicted octanol–water partition coefficient (Wildman–Crippen LogP) is 1.40. The Balaban J connectivity index is 2.68. The Labute approximate surface area is 108 Å². The van der Waals surface area contributed by atoms with Gasteiger partial charge in [0.15, 0.2) is 0 Å². The largest absolute Gasteiger partial charge is 0.361 e. The summed E-state index contributed by atoms with van der Waals surface area (Å²) in [6.45, 7) is 8.32. The molecule has 0 aliphatic carbocycles. The minimum Gasteiger partial charge on any atom is -0.361 e. The second-order valence-electron chi connectivity index (χ2n) is 4.73. The van der Waals surface area contributed by atoms with Gasteiger partial charge in [0.05, 0.1) is 11.7 Å². The van der Waals surface area contributed by atoms with Crippen molar-refractivity contribution in [2.75, 3.05) is 0 Å². The van der Waals surface area contributed by atoms with Crippen LogP contribution < -0.4 is 11.1 Å². The van der Waals surface area contributed by atoms with E-state index >= 15 is 0 Å². The fourth-order valence-corrected chi connectivity index (χ4v) is 1.73. The van der Waals surface area contributed by atoms with Crippen LogP contribution in [-0.2, 0) is 24.2 Å². The third kappa shape index (κ3) is 3.32. The zero-order chi connectivity index (χ0) is 13.7. The summed E-state index contributed by atoms with van der Waals surface area (Å²) in [5.41, 5.74) is 7.69. The molecule has 1 heterocycles. The van der Waals surface area contributed by atoms with Crippen molar-refractivity contribution >= 4 is 5.91 Å². The number of hydrogen-bond acceptors (Lipinski definition) is 4. The van der Waals surface area contributed by atoms with E-state index in [1.165, 1.54) is 0 Å². The molecular weight excluding hydrogens is 230 g/mol. The van der Waals surface area contributed by atoms with Crippen molar-refractivity contribution in [2.45, 2.75) is 53.1 Å². The van der Waals surface area contributed by atoms with Crippen LogP contribution in [0.1, 0.15) is 44.7 Å². The lowest BCUT2D eigenvalue weighted by molar-refractivity contribution is -0.123. The van der Waals surface area contributed by atoms with Gasteiger partial charge in [0, 0.05) is 18.5 Å². The van der Waals surface area contributed by atoms with Crippen LogP contribution in [0.15, 0.2) is 4.52 Å². The molecule has 0 saturated heterocycles. The Morgan fingerprint density at radius 2 is 2.06 bits per heavy atom. The van der Waals surface area contributed by atoms with Gasteiger partial charge >= 0.3 is 0 Å². The lowest BCUT2D eigenvalue weighted by Gasteiger charge is -2.15. The van der Waals surface area contributed by atoms with Crippen molar-refractivity contribution in [2.24, 2.45) is 11.7 Å². The fraction of sp³-hybridized carbons (Fsp3) is 0.692. The maximum absolute atomic E-state index is 11.8. The number of carbonyl (C=O) groups is 1. The molecule has 3 N–H and O–H groups in total. The molecule has 0 radical (unpaired) electrons. The number of nitrogens with two attached hydrogens (primary N) is 1. The molecule has 18 heavy (non-hydrogen) atoms. The number of nitrogens with zero attached hydrogens (tertiary/aromatic N) is 1. The highest BCUT2D eigenvalue weighted by molar-refractivity contribution is 5.81. The minimum atomic E-state index is -0.472. The third-order valence-corrected chi connectivity index (χ3v) is 3.07. The number of hydrogen-bond donors (Lipinski definition) is 2. The number of carbonyl (C=O) groups excluding carboxylic acids is 1. The summed E-state index contributed by atoms with van der Waals surface area (Å²) in [6.07, 6.45) is 1.57. The van der Waals surface area contributed by atoms with E-state index in [0.717, 1.165) is 29.9 Å². The molecule has 102 valence electrons. The number of amides is 1. The molecule has 0 bridgehead atoms. The Hall–Kier alpha value is -1.36. The topological polar surface area (TPSA) is 81.2 Å². The van der Waals surface area contributed by atoms with Crippen LogP contribution in [0.2, 0.25) is 0 Å². The first-order chi connectivity index (χ1) is 8.51. The van der Waals surface area contributed by atoms with Gasteiger partial charge in [0.2, 0.25) is 5.91 Å². The average Bonchev–Trinajstić information content (AvgIpc) is 2.76. The predicted molar refractivity (Wildman–Crippen MR) is 69.9 cm³/mol. The van der Waals surface area contributed by atoms with E-state index in [9.17, 15) is 4.79 Å². The van der Waals surface area contributed by atoms with Gasteiger partial charge in [-0.25, -0.2) is 0 Å². The Morgan fingerprint density at radius 1 is 1.39 bits per heavy atom. The Kier molecular flexibility index (Phi) is 5.34. The lowest BCUT2D eigenvalue weighted by Crippen LogP contribution is -2.43. The first kappa shape index (κ1) is 14.7. The van der Waals surface area contributed by atoms with Gasteiger partial charge in [-0.1, -0.05) is 32.9 Å². The number of rotatable bonds is 6. The maximum atomic E-state index is 11.8. The highest BCUT2D eigenvalue weighted by Gasteiger charge is 2.19. The second-order valence-corrected chi connectivity index (χ2v) is 4.73. The molecule has 1 aromatic rings. The quantitative estimate of drug-likeness (QED) is 0.803. The molecule has 0 unspecified atom stereocenters. The zero-order valence-corrected chi connectivity index (χ0v) is 11.6. The Morgan fingerprint density at radius 3 is 2.56 bits per heavy atom. The zero-order valence-electron chi connectivity index (χ0n) is 11.6. The molecule has 1 amide bonds. The lowest BCUT2D eigenvalue weighted by atomic mass is 10.0. The molecule has 0 spiro atoms. The van der Waals surface area contributed by atoms with E-state index in [4.69, 9.17) is 10.3 Å². The third-order valence-electron chi connectivity index (χ3n) is 3.07. The highest BCUT2D eigenvalue weighted by Crippen LogP contribution is 2.15. The van der Waals surface area contributed by atoms with Gasteiger partial charge < -0.3 is 15.6 Å². The van der Waals surface area contributed by atoms with Gasteiger partial charge in [0.1, 0.15) is 5.76 Å². The summed E-state index contributed by atoms with van der Waals surface area (Å²) in [5, 5.41) is 6.86. The molecule has 1 atom stereocenters. The van der Waals surface area contributed by atoms with Gasteiger partial charge in [-0.05, 0) is 12.3 Å². The van der Waals surface area contributed by atoms with Crippen molar-refractivity contribution in [3.8, 4) is 0 Å². The van der Waals surface area contributed by atoms with Crippen LogP contribution in [-0.4, -0.2) is 17.1 Å². The number of aryl methyl sites for hydroxylation is 2. The van der Waals surface area contributed by atoms with E-state index in [2.05, 4.69) is 10.5 Å². The maximum Gasteiger partial charge on any atom is 0.237 e. The second kappa shape index (κ2) is 6.54. The van der Waals surface area contributed by atoms with Crippen LogP contribution >= 0.6 is 0 Å². The smallest absolute Gasteiger partial charge is 0.237 e. The van der Waals surface area contributed by atoms with E-state index in [1.54, 1.807) is 0 Å². The number of nitrogens with one attached hydrogen (secondary N) is 1. The van der Waals surface area contributed by atoms with E-state index in [1.807, 2.05) is 27.7 Å². The van der Waals surface area contributed by atoms with Crippen LogP contribution in [0, 0.1) is 5.92 Å². The summed E-state index contributed by atoms with van der Waals surface area (Å²) in [7, 11) is 0. The summed E-state index contributed by atoms with van der Waals surface area (Å²) in [4.78, 5) is 11.8. The molecule has 1 rings (SSSR count). The molecule has 1 aromatic heterocycles. The highest BCUT2D eigenvalue weighted by atomic mass is 16.5. The van der Waals surface area contributed by atoms with Gasteiger partial charge in [-0.2, -0.15) is 0 Å². The van der Waals surface area contributed by atoms with Crippen molar-refractivity contribution in [1.29, 1.82) is 0 Å². The van der Waals surface area contributed by atoms with Crippen molar-refractivity contribution in [3.05, 3.63) is 17.0 Å². The summed E-state index contributed by atoms with van der Waals surface area (Å²) in [6, 6.07) is -0.472. The molecule has 0 aromatic carbocycles. The molecule has 0 saturated carbocycles. The van der Waals surface area contributed by atoms with Crippen LogP contribution in [0.5, 0.6) is 0 Å².